The number of aliphatic hydroxyl groups is 1. The molecule has 0 spiro atoms. The smallest absolute Gasteiger partial charge is 0.319 e. The van der Waals surface area contributed by atoms with Gasteiger partial charge in [0, 0.05) is 24.3 Å². The van der Waals surface area contributed by atoms with Crippen molar-refractivity contribution < 1.29 is 14.6 Å². The molecule has 23 heavy (non-hydrogen) atoms. The van der Waals surface area contributed by atoms with Crippen molar-refractivity contribution in [2.45, 2.75) is 45.9 Å². The van der Waals surface area contributed by atoms with Gasteiger partial charge in [-0.15, -0.1) is 0 Å². The second-order valence-corrected chi connectivity index (χ2v) is 6.22. The second-order valence-electron chi connectivity index (χ2n) is 6.22. The average molecular weight is 318 g/mol. The highest BCUT2D eigenvalue weighted by molar-refractivity contribution is 5.90. The van der Waals surface area contributed by atoms with Crippen molar-refractivity contribution >= 4 is 11.7 Å². The zero-order valence-corrected chi connectivity index (χ0v) is 14.0. The van der Waals surface area contributed by atoms with Crippen LogP contribution in [0.25, 0.3) is 0 Å². The van der Waals surface area contributed by atoms with Gasteiger partial charge in [-0.1, -0.05) is 24.3 Å². The lowest BCUT2D eigenvalue weighted by Gasteiger charge is -2.16. The molecule has 0 aromatic heterocycles. The summed E-state index contributed by atoms with van der Waals surface area (Å²) in [5.74, 6) is 0.138. The highest BCUT2D eigenvalue weighted by atomic mass is 16.5. The summed E-state index contributed by atoms with van der Waals surface area (Å²) in [5, 5.41) is 14.9. The molecule has 0 heterocycles. The molecule has 0 fully saturated rings. The first kappa shape index (κ1) is 17.5. The van der Waals surface area contributed by atoms with E-state index < -0.39 is 0 Å². The van der Waals surface area contributed by atoms with Gasteiger partial charge >= 0.3 is 6.03 Å². The van der Waals surface area contributed by atoms with Gasteiger partial charge in [-0.2, -0.15) is 0 Å². The van der Waals surface area contributed by atoms with E-state index in [2.05, 4.69) is 10.6 Å². The van der Waals surface area contributed by atoms with E-state index in [0.29, 0.717) is 6.61 Å². The Kier molecular flexibility index (Phi) is 6.19. The largest absolute Gasteiger partial charge is 0.396 e. The lowest BCUT2D eigenvalue weighted by molar-refractivity contribution is 0.0654. The Morgan fingerprint density at radius 1 is 1.39 bits per heavy atom. The van der Waals surface area contributed by atoms with Crippen LogP contribution in [0.2, 0.25) is 0 Å². The van der Waals surface area contributed by atoms with Gasteiger partial charge in [0.1, 0.15) is 0 Å². The SMILES string of the molecule is Cc1c(COC(C)C)cccc1NC(=O)N[C@@H]1C=C[C@H](CO)C1. The van der Waals surface area contributed by atoms with Gasteiger partial charge in [0.2, 0.25) is 0 Å². The minimum atomic E-state index is -0.233. The molecule has 1 aromatic carbocycles. The van der Waals surface area contributed by atoms with Crippen LogP contribution >= 0.6 is 0 Å². The summed E-state index contributed by atoms with van der Waals surface area (Å²) >= 11 is 0. The summed E-state index contributed by atoms with van der Waals surface area (Å²) in [5.41, 5.74) is 2.86. The number of anilines is 1. The lowest BCUT2D eigenvalue weighted by Crippen LogP contribution is -2.36. The number of carbonyl (C=O) groups excluding carboxylic acids is 1. The fourth-order valence-electron chi connectivity index (χ4n) is 2.58. The van der Waals surface area contributed by atoms with Crippen LogP contribution in [-0.2, 0) is 11.3 Å². The molecule has 2 amide bonds. The number of hydrogen-bond donors (Lipinski definition) is 3. The molecule has 0 aliphatic heterocycles. The Morgan fingerprint density at radius 3 is 2.83 bits per heavy atom. The highest BCUT2D eigenvalue weighted by Gasteiger charge is 2.20. The van der Waals surface area contributed by atoms with E-state index in [1.807, 2.05) is 51.1 Å². The van der Waals surface area contributed by atoms with E-state index in [1.54, 1.807) is 0 Å². The summed E-state index contributed by atoms with van der Waals surface area (Å²) in [7, 11) is 0. The molecule has 0 unspecified atom stereocenters. The molecule has 3 N–H and O–H groups in total. The number of rotatable bonds is 6. The Morgan fingerprint density at radius 2 is 2.17 bits per heavy atom. The third kappa shape index (κ3) is 5.08. The molecule has 0 radical (unpaired) electrons. The monoisotopic (exact) mass is 318 g/mol. The molecule has 5 nitrogen and oxygen atoms in total. The van der Waals surface area contributed by atoms with E-state index in [1.165, 1.54) is 0 Å². The predicted molar refractivity (Wildman–Crippen MR) is 91.4 cm³/mol. The van der Waals surface area contributed by atoms with Crippen molar-refractivity contribution in [2.75, 3.05) is 11.9 Å². The van der Waals surface area contributed by atoms with E-state index >= 15 is 0 Å². The Balaban J connectivity index is 1.93. The zero-order valence-electron chi connectivity index (χ0n) is 14.0. The predicted octanol–water partition coefficient (Wildman–Crippen LogP) is 2.98. The second kappa shape index (κ2) is 8.13. The Bertz CT molecular complexity index is 569. The van der Waals surface area contributed by atoms with Gasteiger partial charge < -0.3 is 20.5 Å². The molecular formula is C18H26N2O3. The lowest BCUT2D eigenvalue weighted by atomic mass is 10.1. The molecular weight excluding hydrogens is 292 g/mol. The first-order chi connectivity index (χ1) is 11.0. The van der Waals surface area contributed by atoms with Gasteiger partial charge in [0.15, 0.2) is 0 Å². The molecule has 2 rings (SSSR count). The van der Waals surface area contributed by atoms with E-state index in [9.17, 15) is 4.79 Å². The highest BCUT2D eigenvalue weighted by Crippen LogP contribution is 2.21. The summed E-state index contributed by atoms with van der Waals surface area (Å²) in [6.45, 7) is 6.63. The van der Waals surface area contributed by atoms with Crippen molar-refractivity contribution in [2.24, 2.45) is 5.92 Å². The number of nitrogens with one attached hydrogen (secondary N) is 2. The van der Waals surface area contributed by atoms with Crippen LogP contribution in [0, 0.1) is 12.8 Å². The minimum absolute atomic E-state index is 0.0279. The van der Waals surface area contributed by atoms with E-state index in [0.717, 1.165) is 23.2 Å². The fraction of sp³-hybridized carbons (Fsp3) is 0.500. The molecule has 1 aromatic rings. The van der Waals surface area contributed by atoms with E-state index in [-0.39, 0.29) is 30.7 Å². The number of carbonyl (C=O) groups is 1. The van der Waals surface area contributed by atoms with Crippen LogP contribution in [0.3, 0.4) is 0 Å². The molecule has 0 bridgehead atoms. The van der Waals surface area contributed by atoms with Crippen molar-refractivity contribution in [1.29, 1.82) is 0 Å². The van der Waals surface area contributed by atoms with Gasteiger partial charge in [-0.3, -0.25) is 0 Å². The number of hydrogen-bond acceptors (Lipinski definition) is 3. The Labute approximate surface area is 137 Å². The van der Waals surface area contributed by atoms with Gasteiger partial charge in [-0.05, 0) is 44.4 Å². The van der Waals surface area contributed by atoms with E-state index in [4.69, 9.17) is 9.84 Å². The van der Waals surface area contributed by atoms with Gasteiger partial charge in [0.25, 0.3) is 0 Å². The third-order valence-corrected chi connectivity index (χ3v) is 3.99. The summed E-state index contributed by atoms with van der Waals surface area (Å²) in [4.78, 5) is 12.1. The Hall–Kier alpha value is -1.85. The summed E-state index contributed by atoms with van der Waals surface area (Å²) in [6, 6.07) is 5.54. The molecule has 1 aliphatic carbocycles. The molecule has 0 saturated heterocycles. The van der Waals surface area contributed by atoms with Crippen LogP contribution in [0.4, 0.5) is 10.5 Å². The van der Waals surface area contributed by atoms with Crippen LogP contribution in [0.1, 0.15) is 31.4 Å². The minimum Gasteiger partial charge on any atom is -0.396 e. The fourth-order valence-corrected chi connectivity index (χ4v) is 2.58. The van der Waals surface area contributed by atoms with Crippen LogP contribution in [-0.4, -0.2) is 29.9 Å². The summed E-state index contributed by atoms with van der Waals surface area (Å²) in [6.07, 6.45) is 4.79. The third-order valence-electron chi connectivity index (χ3n) is 3.99. The maximum Gasteiger partial charge on any atom is 0.319 e. The van der Waals surface area contributed by atoms with Gasteiger partial charge in [0.05, 0.1) is 12.7 Å². The first-order valence-electron chi connectivity index (χ1n) is 8.06. The molecule has 1 aliphatic rings. The number of benzene rings is 1. The van der Waals surface area contributed by atoms with Crippen molar-refractivity contribution in [1.82, 2.24) is 5.32 Å². The van der Waals surface area contributed by atoms with Crippen molar-refractivity contribution in [3.8, 4) is 0 Å². The van der Waals surface area contributed by atoms with Crippen molar-refractivity contribution in [3.05, 3.63) is 41.5 Å². The number of urea groups is 1. The number of aliphatic hydroxyl groups excluding tert-OH is 1. The normalized spacial score (nSPS) is 20.0. The van der Waals surface area contributed by atoms with Crippen LogP contribution in [0.5, 0.6) is 0 Å². The number of ether oxygens (including phenoxy) is 1. The molecule has 126 valence electrons. The standard InChI is InChI=1S/C18H26N2O3/c1-12(2)23-11-15-5-4-6-17(13(15)3)20-18(22)19-16-8-7-14(9-16)10-21/h4-8,12,14,16,21H,9-11H2,1-3H3,(H2,19,20,22)/t14-,16+/m0/s1. The molecule has 0 saturated carbocycles. The maximum atomic E-state index is 12.1. The quantitative estimate of drug-likeness (QED) is 0.706. The first-order valence-corrected chi connectivity index (χ1v) is 8.06. The van der Waals surface area contributed by atoms with Crippen molar-refractivity contribution in [3.63, 3.8) is 0 Å². The number of amides is 2. The summed E-state index contributed by atoms with van der Waals surface area (Å²) < 4.78 is 5.64. The average Bonchev–Trinajstić information content (AvgIpc) is 2.95. The van der Waals surface area contributed by atoms with Crippen LogP contribution < -0.4 is 10.6 Å². The molecule has 2 atom stereocenters. The zero-order chi connectivity index (χ0) is 16.8. The van der Waals surface area contributed by atoms with Crippen LogP contribution in [0.15, 0.2) is 30.4 Å². The molecule has 5 heteroatoms. The maximum absolute atomic E-state index is 12.1. The topological polar surface area (TPSA) is 70.6 Å². The van der Waals surface area contributed by atoms with Gasteiger partial charge in [-0.25, -0.2) is 4.79 Å².